The molecule has 4 rings (SSSR count). The van der Waals surface area contributed by atoms with Gasteiger partial charge in [-0.15, -0.1) is 22.7 Å². The molecule has 8 heteroatoms. The zero-order chi connectivity index (χ0) is 20.4. The van der Waals surface area contributed by atoms with Gasteiger partial charge in [0, 0.05) is 13.1 Å². The number of methoxy groups -OCH3 is 1. The molecule has 2 aromatic heterocycles. The number of carbonyl (C=O) groups is 2. The summed E-state index contributed by atoms with van der Waals surface area (Å²) in [6.45, 7) is 3.71. The number of anilines is 2. The van der Waals surface area contributed by atoms with Crippen LogP contribution >= 0.6 is 22.7 Å². The minimum Gasteiger partial charge on any atom is -0.465 e. The largest absolute Gasteiger partial charge is 0.465 e. The van der Waals surface area contributed by atoms with Crippen molar-refractivity contribution in [2.75, 3.05) is 30.4 Å². The van der Waals surface area contributed by atoms with E-state index in [2.05, 4.69) is 15.2 Å². The Morgan fingerprint density at radius 2 is 2.00 bits per heavy atom. The molecule has 0 unspecified atom stereocenters. The fourth-order valence-corrected chi connectivity index (χ4v) is 5.16. The van der Waals surface area contributed by atoms with Crippen LogP contribution in [0.1, 0.15) is 38.6 Å². The number of thiazole rings is 1. The molecule has 1 saturated heterocycles. The lowest BCUT2D eigenvalue weighted by atomic mass is 10.1. The molecular weight excluding hydrogens is 406 g/mol. The van der Waals surface area contributed by atoms with Crippen molar-refractivity contribution in [2.24, 2.45) is 0 Å². The molecule has 3 heterocycles. The predicted octanol–water partition coefficient (Wildman–Crippen LogP) is 4.82. The molecule has 1 amide bonds. The topological polar surface area (TPSA) is 71.5 Å². The summed E-state index contributed by atoms with van der Waals surface area (Å²) in [6, 6.07) is 9.27. The van der Waals surface area contributed by atoms with Gasteiger partial charge in [0.1, 0.15) is 9.88 Å². The number of nitrogens with zero attached hydrogens (tertiary/aromatic N) is 2. The van der Waals surface area contributed by atoms with Gasteiger partial charge in [-0.1, -0.05) is 6.07 Å². The first kappa shape index (κ1) is 19.6. The Morgan fingerprint density at radius 1 is 1.21 bits per heavy atom. The highest BCUT2D eigenvalue weighted by atomic mass is 32.1. The monoisotopic (exact) mass is 427 g/mol. The SMILES string of the molecule is COC(=O)c1ccc(N2CCCC2)c(NC(=O)c2sc(-c3cccs3)nc2C)c1. The summed E-state index contributed by atoms with van der Waals surface area (Å²) in [6.07, 6.45) is 2.23. The molecule has 1 aliphatic rings. The van der Waals surface area contributed by atoms with Crippen LogP contribution in [0.3, 0.4) is 0 Å². The van der Waals surface area contributed by atoms with Crippen molar-refractivity contribution in [3.8, 4) is 9.88 Å². The van der Waals surface area contributed by atoms with E-state index in [9.17, 15) is 9.59 Å². The van der Waals surface area contributed by atoms with Crippen molar-refractivity contribution in [2.45, 2.75) is 19.8 Å². The van der Waals surface area contributed by atoms with Gasteiger partial charge in [-0.2, -0.15) is 0 Å². The molecular formula is C21H21N3O3S2. The number of aromatic nitrogens is 1. The Morgan fingerprint density at radius 3 is 2.69 bits per heavy atom. The van der Waals surface area contributed by atoms with Gasteiger partial charge in [-0.05, 0) is 49.4 Å². The first-order valence-corrected chi connectivity index (χ1v) is 11.1. The van der Waals surface area contributed by atoms with E-state index in [4.69, 9.17) is 4.74 Å². The van der Waals surface area contributed by atoms with Gasteiger partial charge in [-0.3, -0.25) is 4.79 Å². The number of carbonyl (C=O) groups excluding carboxylic acids is 2. The standard InChI is InChI=1S/C21H21N3O3S2/c1-13-18(29-20(22-13)17-6-5-11-28-17)19(25)23-15-12-14(21(26)27-2)7-8-16(15)24-9-3-4-10-24/h5-8,11-12H,3-4,9-10H2,1-2H3,(H,23,25). The summed E-state index contributed by atoms with van der Waals surface area (Å²) in [4.78, 5) is 33.5. The van der Waals surface area contributed by atoms with Crippen molar-refractivity contribution < 1.29 is 14.3 Å². The summed E-state index contributed by atoms with van der Waals surface area (Å²) in [5, 5.41) is 5.84. The van der Waals surface area contributed by atoms with Gasteiger partial charge >= 0.3 is 5.97 Å². The van der Waals surface area contributed by atoms with Crippen LogP contribution in [0.2, 0.25) is 0 Å². The Kier molecular flexibility index (Phi) is 5.64. The number of nitrogens with one attached hydrogen (secondary N) is 1. The van der Waals surface area contributed by atoms with E-state index >= 15 is 0 Å². The van der Waals surface area contributed by atoms with E-state index in [0.29, 0.717) is 21.8 Å². The molecule has 1 aromatic carbocycles. The van der Waals surface area contributed by atoms with Gasteiger partial charge in [0.2, 0.25) is 0 Å². The molecule has 29 heavy (non-hydrogen) atoms. The van der Waals surface area contributed by atoms with Gasteiger partial charge in [-0.25, -0.2) is 9.78 Å². The molecule has 1 fully saturated rings. The van der Waals surface area contributed by atoms with Crippen LogP contribution in [-0.4, -0.2) is 37.1 Å². The number of ether oxygens (including phenoxy) is 1. The molecule has 6 nitrogen and oxygen atoms in total. The van der Waals surface area contributed by atoms with E-state index in [-0.39, 0.29) is 5.91 Å². The van der Waals surface area contributed by atoms with E-state index in [0.717, 1.165) is 41.5 Å². The average Bonchev–Trinajstić information content (AvgIpc) is 3.48. The fourth-order valence-electron chi connectivity index (χ4n) is 3.41. The number of thiophene rings is 1. The van der Waals surface area contributed by atoms with Crippen LogP contribution in [0.25, 0.3) is 9.88 Å². The quantitative estimate of drug-likeness (QED) is 0.591. The van der Waals surface area contributed by atoms with Crippen LogP contribution in [-0.2, 0) is 4.74 Å². The zero-order valence-electron chi connectivity index (χ0n) is 16.2. The van der Waals surface area contributed by atoms with Crippen LogP contribution in [0.15, 0.2) is 35.7 Å². The smallest absolute Gasteiger partial charge is 0.337 e. The minimum atomic E-state index is -0.428. The summed E-state index contributed by atoms with van der Waals surface area (Å²) >= 11 is 2.98. The maximum atomic E-state index is 13.1. The number of esters is 1. The molecule has 150 valence electrons. The van der Waals surface area contributed by atoms with Crippen LogP contribution in [0.5, 0.6) is 0 Å². The van der Waals surface area contributed by atoms with Gasteiger partial charge in [0.25, 0.3) is 5.91 Å². The van der Waals surface area contributed by atoms with E-state index in [1.807, 2.05) is 30.5 Å². The van der Waals surface area contributed by atoms with E-state index in [1.165, 1.54) is 18.4 Å². The maximum absolute atomic E-state index is 13.1. The van der Waals surface area contributed by atoms with Crippen LogP contribution < -0.4 is 10.2 Å². The summed E-state index contributed by atoms with van der Waals surface area (Å²) in [5.41, 5.74) is 2.64. The molecule has 1 N–H and O–H groups in total. The Labute approximate surface area is 177 Å². The minimum absolute atomic E-state index is 0.217. The molecule has 0 aliphatic carbocycles. The van der Waals surface area contributed by atoms with Crippen molar-refractivity contribution >= 4 is 45.9 Å². The Hall–Kier alpha value is -2.71. The van der Waals surface area contributed by atoms with Crippen molar-refractivity contribution in [3.05, 3.63) is 51.8 Å². The molecule has 0 bridgehead atoms. The van der Waals surface area contributed by atoms with Crippen LogP contribution in [0, 0.1) is 6.92 Å². The molecule has 1 aliphatic heterocycles. The fraction of sp³-hybridized carbons (Fsp3) is 0.286. The molecule has 0 atom stereocenters. The summed E-state index contributed by atoms with van der Waals surface area (Å²) in [5.74, 6) is -0.646. The molecule has 0 spiro atoms. The number of hydrogen-bond acceptors (Lipinski definition) is 7. The maximum Gasteiger partial charge on any atom is 0.337 e. The second kappa shape index (κ2) is 8.34. The highest BCUT2D eigenvalue weighted by molar-refractivity contribution is 7.22. The number of aryl methyl sites for hydroxylation is 1. The molecule has 3 aromatic rings. The number of hydrogen-bond donors (Lipinski definition) is 1. The lowest BCUT2D eigenvalue weighted by molar-refractivity contribution is 0.0600. The third kappa shape index (κ3) is 4.04. The first-order chi connectivity index (χ1) is 14.1. The summed E-state index contributed by atoms with van der Waals surface area (Å²) < 4.78 is 4.84. The highest BCUT2D eigenvalue weighted by Crippen LogP contribution is 2.34. The number of benzene rings is 1. The molecule has 0 radical (unpaired) electrons. The predicted molar refractivity (Wildman–Crippen MR) is 117 cm³/mol. The van der Waals surface area contributed by atoms with E-state index in [1.54, 1.807) is 23.5 Å². The van der Waals surface area contributed by atoms with Gasteiger partial charge in [0.05, 0.1) is 34.6 Å². The Balaban J connectivity index is 1.65. The normalized spacial score (nSPS) is 13.5. The third-order valence-corrected chi connectivity index (χ3v) is 7.04. The lowest BCUT2D eigenvalue weighted by Gasteiger charge is -2.22. The van der Waals surface area contributed by atoms with Crippen molar-refractivity contribution in [1.29, 1.82) is 0 Å². The van der Waals surface area contributed by atoms with Crippen molar-refractivity contribution in [3.63, 3.8) is 0 Å². The Bertz CT molecular complexity index is 1040. The third-order valence-electron chi connectivity index (χ3n) is 4.85. The highest BCUT2D eigenvalue weighted by Gasteiger charge is 2.22. The summed E-state index contributed by atoms with van der Waals surface area (Å²) in [7, 11) is 1.35. The number of amides is 1. The second-order valence-electron chi connectivity index (χ2n) is 6.78. The number of rotatable bonds is 5. The zero-order valence-corrected chi connectivity index (χ0v) is 17.9. The van der Waals surface area contributed by atoms with Gasteiger partial charge < -0.3 is 15.0 Å². The van der Waals surface area contributed by atoms with Crippen molar-refractivity contribution in [1.82, 2.24) is 4.98 Å². The lowest BCUT2D eigenvalue weighted by Crippen LogP contribution is -2.21. The van der Waals surface area contributed by atoms with Crippen LogP contribution in [0.4, 0.5) is 11.4 Å². The average molecular weight is 428 g/mol. The first-order valence-electron chi connectivity index (χ1n) is 9.37. The second-order valence-corrected chi connectivity index (χ2v) is 8.73. The van der Waals surface area contributed by atoms with E-state index < -0.39 is 5.97 Å². The molecule has 0 saturated carbocycles. The van der Waals surface area contributed by atoms with Gasteiger partial charge in [0.15, 0.2) is 0 Å².